The lowest BCUT2D eigenvalue weighted by atomic mass is 9.94. The summed E-state index contributed by atoms with van der Waals surface area (Å²) in [5.41, 5.74) is 3.45. The third kappa shape index (κ3) is 3.57. The molecule has 17 heavy (non-hydrogen) atoms. The van der Waals surface area contributed by atoms with Crippen molar-refractivity contribution in [3.63, 3.8) is 0 Å². The molecule has 0 radical (unpaired) electrons. The van der Waals surface area contributed by atoms with Crippen LogP contribution in [0.15, 0.2) is 24.3 Å². The van der Waals surface area contributed by atoms with Gasteiger partial charge in [-0.1, -0.05) is 51.5 Å². The highest BCUT2D eigenvalue weighted by molar-refractivity contribution is 5.31. The van der Waals surface area contributed by atoms with Crippen LogP contribution in [-0.2, 0) is 6.42 Å². The smallest absolute Gasteiger partial charge is 0.0323 e. The molecular formula is C16H25N. The van der Waals surface area contributed by atoms with Crippen LogP contribution in [0.25, 0.3) is 0 Å². The second-order valence-corrected chi connectivity index (χ2v) is 6.44. The van der Waals surface area contributed by atoms with Crippen molar-refractivity contribution in [2.45, 2.75) is 52.5 Å². The third-order valence-electron chi connectivity index (χ3n) is 3.50. The van der Waals surface area contributed by atoms with Gasteiger partial charge in [0.2, 0.25) is 0 Å². The summed E-state index contributed by atoms with van der Waals surface area (Å²) in [5, 5.41) is 3.76. The lowest BCUT2D eigenvalue weighted by molar-refractivity contribution is 0.344. The first-order valence-corrected chi connectivity index (χ1v) is 6.87. The second kappa shape index (κ2) is 5.22. The molecular weight excluding hydrogens is 206 g/mol. The molecule has 0 amide bonds. The first kappa shape index (κ1) is 12.6. The quantitative estimate of drug-likeness (QED) is 0.756. The number of nitrogens with one attached hydrogen (secondary N) is 1. The maximum Gasteiger partial charge on any atom is 0.0323 e. The molecule has 0 saturated heterocycles. The van der Waals surface area contributed by atoms with Crippen molar-refractivity contribution < 1.29 is 0 Å². The van der Waals surface area contributed by atoms with Crippen LogP contribution in [0.3, 0.4) is 0 Å². The number of aryl methyl sites for hydroxylation is 1. The number of rotatable bonds is 2. The molecule has 1 heteroatoms. The summed E-state index contributed by atoms with van der Waals surface area (Å²) in [6.07, 6.45) is 5.22. The molecule has 0 saturated carbocycles. The largest absolute Gasteiger partial charge is 0.309 e. The molecule has 1 aromatic carbocycles. The Kier molecular flexibility index (Phi) is 3.88. The minimum atomic E-state index is 0.362. The standard InChI is InChI=1S/C16H25N/c1-16(2,3)12-17-15-11-7-5-9-13-8-4-6-10-14(13)15/h4,6,8,10,15,17H,5,7,9,11-12H2,1-3H3. The molecule has 1 unspecified atom stereocenters. The van der Waals surface area contributed by atoms with Gasteiger partial charge in [-0.3, -0.25) is 0 Å². The van der Waals surface area contributed by atoms with Crippen molar-refractivity contribution in [3.8, 4) is 0 Å². The van der Waals surface area contributed by atoms with Gasteiger partial charge in [0, 0.05) is 12.6 Å². The van der Waals surface area contributed by atoms with Gasteiger partial charge in [-0.2, -0.15) is 0 Å². The molecule has 0 heterocycles. The van der Waals surface area contributed by atoms with Crippen molar-refractivity contribution in [2.75, 3.05) is 6.54 Å². The zero-order valence-corrected chi connectivity index (χ0v) is 11.4. The molecule has 1 nitrogen and oxygen atoms in total. The molecule has 0 fully saturated rings. The van der Waals surface area contributed by atoms with Gasteiger partial charge in [0.05, 0.1) is 0 Å². The maximum absolute atomic E-state index is 3.76. The molecule has 2 rings (SSSR count). The van der Waals surface area contributed by atoms with E-state index in [1.54, 1.807) is 5.56 Å². The highest BCUT2D eigenvalue weighted by Crippen LogP contribution is 2.29. The third-order valence-corrected chi connectivity index (χ3v) is 3.50. The van der Waals surface area contributed by atoms with Crippen LogP contribution >= 0.6 is 0 Å². The molecule has 0 aliphatic heterocycles. The Balaban J connectivity index is 2.12. The Bertz CT molecular complexity index is 362. The number of benzene rings is 1. The van der Waals surface area contributed by atoms with Crippen LogP contribution in [0.2, 0.25) is 0 Å². The first-order chi connectivity index (χ1) is 8.06. The summed E-state index contributed by atoms with van der Waals surface area (Å²) in [4.78, 5) is 0. The Morgan fingerprint density at radius 1 is 1.18 bits per heavy atom. The number of fused-ring (bicyclic) bond motifs is 1. The minimum Gasteiger partial charge on any atom is -0.309 e. The second-order valence-electron chi connectivity index (χ2n) is 6.44. The molecule has 0 bridgehead atoms. The number of hydrogen-bond acceptors (Lipinski definition) is 1. The summed E-state index contributed by atoms with van der Waals surface area (Å²) < 4.78 is 0. The highest BCUT2D eigenvalue weighted by Gasteiger charge is 2.19. The summed E-state index contributed by atoms with van der Waals surface area (Å²) in [6, 6.07) is 9.52. The zero-order valence-electron chi connectivity index (χ0n) is 11.4. The Hall–Kier alpha value is -0.820. The molecule has 0 spiro atoms. The van der Waals surface area contributed by atoms with Crippen molar-refractivity contribution in [2.24, 2.45) is 5.41 Å². The average Bonchev–Trinajstić information content (AvgIpc) is 2.47. The van der Waals surface area contributed by atoms with Crippen LogP contribution < -0.4 is 5.32 Å². The molecule has 1 aromatic rings. The van der Waals surface area contributed by atoms with Gasteiger partial charge in [0.1, 0.15) is 0 Å². The fourth-order valence-corrected chi connectivity index (χ4v) is 2.56. The van der Waals surface area contributed by atoms with Gasteiger partial charge in [-0.05, 0) is 35.8 Å². The Morgan fingerprint density at radius 2 is 1.94 bits per heavy atom. The zero-order chi connectivity index (χ0) is 12.3. The predicted octanol–water partition coefficient (Wildman–Crippen LogP) is 4.09. The monoisotopic (exact) mass is 231 g/mol. The van der Waals surface area contributed by atoms with Crippen molar-refractivity contribution in [1.29, 1.82) is 0 Å². The summed E-state index contributed by atoms with van der Waals surface area (Å²) in [6.45, 7) is 7.97. The van der Waals surface area contributed by atoms with E-state index >= 15 is 0 Å². The molecule has 1 atom stereocenters. The van der Waals surface area contributed by atoms with Gasteiger partial charge in [-0.25, -0.2) is 0 Å². The summed E-state index contributed by atoms with van der Waals surface area (Å²) >= 11 is 0. The average molecular weight is 231 g/mol. The lowest BCUT2D eigenvalue weighted by Crippen LogP contribution is -2.30. The van der Waals surface area contributed by atoms with E-state index < -0.39 is 0 Å². The Morgan fingerprint density at radius 3 is 2.71 bits per heavy atom. The van der Waals surface area contributed by atoms with Gasteiger partial charge in [0.25, 0.3) is 0 Å². The summed E-state index contributed by atoms with van der Waals surface area (Å²) in [7, 11) is 0. The Labute approximate surface area is 106 Å². The van der Waals surface area contributed by atoms with Crippen LogP contribution in [0.1, 0.15) is 57.2 Å². The van der Waals surface area contributed by atoms with E-state index in [-0.39, 0.29) is 0 Å². The first-order valence-electron chi connectivity index (χ1n) is 6.87. The maximum atomic E-state index is 3.76. The van der Waals surface area contributed by atoms with Crippen molar-refractivity contribution >= 4 is 0 Å². The molecule has 0 aromatic heterocycles. The van der Waals surface area contributed by atoms with E-state index in [1.165, 1.54) is 31.2 Å². The fourth-order valence-electron chi connectivity index (χ4n) is 2.56. The molecule has 1 aliphatic rings. The van der Waals surface area contributed by atoms with E-state index in [0.717, 1.165) is 6.54 Å². The van der Waals surface area contributed by atoms with Crippen molar-refractivity contribution in [3.05, 3.63) is 35.4 Å². The normalized spacial score (nSPS) is 20.8. The van der Waals surface area contributed by atoms with Gasteiger partial charge in [-0.15, -0.1) is 0 Å². The van der Waals surface area contributed by atoms with E-state index in [0.29, 0.717) is 11.5 Å². The topological polar surface area (TPSA) is 12.0 Å². The highest BCUT2D eigenvalue weighted by atomic mass is 14.9. The van der Waals surface area contributed by atoms with Crippen molar-refractivity contribution in [1.82, 2.24) is 5.32 Å². The molecule has 1 aliphatic carbocycles. The van der Waals surface area contributed by atoms with Gasteiger partial charge >= 0.3 is 0 Å². The van der Waals surface area contributed by atoms with Crippen LogP contribution in [0.4, 0.5) is 0 Å². The molecule has 1 N–H and O–H groups in total. The fraction of sp³-hybridized carbons (Fsp3) is 0.625. The van der Waals surface area contributed by atoms with Crippen LogP contribution in [-0.4, -0.2) is 6.54 Å². The van der Waals surface area contributed by atoms with E-state index in [2.05, 4.69) is 50.4 Å². The minimum absolute atomic E-state index is 0.362. The van der Waals surface area contributed by atoms with Crippen LogP contribution in [0.5, 0.6) is 0 Å². The van der Waals surface area contributed by atoms with E-state index in [4.69, 9.17) is 0 Å². The SMILES string of the molecule is CC(C)(C)CNC1CCCCc2ccccc21. The van der Waals surface area contributed by atoms with Gasteiger partial charge < -0.3 is 5.32 Å². The van der Waals surface area contributed by atoms with Crippen LogP contribution in [0, 0.1) is 5.41 Å². The molecule has 94 valence electrons. The van der Waals surface area contributed by atoms with Gasteiger partial charge in [0.15, 0.2) is 0 Å². The number of hydrogen-bond donors (Lipinski definition) is 1. The van der Waals surface area contributed by atoms with E-state index in [9.17, 15) is 0 Å². The summed E-state index contributed by atoms with van der Waals surface area (Å²) in [5.74, 6) is 0. The lowest BCUT2D eigenvalue weighted by Gasteiger charge is -2.25. The van der Waals surface area contributed by atoms with E-state index in [1.807, 2.05) is 0 Å². The predicted molar refractivity (Wildman–Crippen MR) is 74.2 cm³/mol.